The van der Waals surface area contributed by atoms with Crippen LogP contribution in [0.25, 0.3) is 0 Å². The van der Waals surface area contributed by atoms with Gasteiger partial charge in [0.15, 0.2) is 0 Å². The van der Waals surface area contributed by atoms with Crippen LogP contribution in [-0.4, -0.2) is 73.8 Å². The van der Waals surface area contributed by atoms with Crippen LogP contribution in [-0.2, 0) is 20.8 Å². The second-order valence-corrected chi connectivity index (χ2v) is 8.49. The Hall–Kier alpha value is -1.02. The van der Waals surface area contributed by atoms with Crippen LogP contribution in [0, 0.1) is 5.41 Å². The van der Waals surface area contributed by atoms with Crippen LogP contribution >= 0.6 is 11.3 Å². The minimum atomic E-state index is 0.236. The maximum atomic E-state index is 12.3. The standard InChI is InChI=1S/C19H31N3O3S/c1-21(15-17-20-7-13-26-17)16-14-19(16)5-8-22(9-6-19)18(23)4-12-25-11-3-10-24-2/h7,13,16H,3-6,8-12,14-15H2,1-2H3. The number of rotatable bonds is 10. The quantitative estimate of drug-likeness (QED) is 0.583. The highest BCUT2D eigenvalue weighted by molar-refractivity contribution is 7.09. The molecule has 2 aliphatic rings. The zero-order chi connectivity index (χ0) is 18.4. The molecule has 1 atom stereocenters. The molecule has 1 saturated carbocycles. The summed E-state index contributed by atoms with van der Waals surface area (Å²) in [4.78, 5) is 21.2. The molecule has 0 N–H and O–H groups in total. The number of piperidine rings is 1. The Bertz CT molecular complexity index is 558. The molecule has 1 spiro atoms. The number of carbonyl (C=O) groups is 1. The molecule has 146 valence electrons. The Balaban J connectivity index is 1.33. The van der Waals surface area contributed by atoms with Gasteiger partial charge in [0.1, 0.15) is 5.01 Å². The van der Waals surface area contributed by atoms with Crippen molar-refractivity contribution in [3.05, 3.63) is 16.6 Å². The van der Waals surface area contributed by atoms with Gasteiger partial charge >= 0.3 is 0 Å². The predicted molar refractivity (Wildman–Crippen MR) is 102 cm³/mol. The van der Waals surface area contributed by atoms with E-state index in [1.54, 1.807) is 18.4 Å². The largest absolute Gasteiger partial charge is 0.385 e. The summed E-state index contributed by atoms with van der Waals surface area (Å²) in [6, 6.07) is 0.646. The predicted octanol–water partition coefficient (Wildman–Crippen LogP) is 2.40. The first kappa shape index (κ1) is 19.7. The van der Waals surface area contributed by atoms with Crippen molar-refractivity contribution >= 4 is 17.2 Å². The Kier molecular flexibility index (Phi) is 7.03. The molecule has 2 heterocycles. The van der Waals surface area contributed by atoms with Crippen molar-refractivity contribution in [2.75, 3.05) is 47.1 Å². The van der Waals surface area contributed by atoms with Crippen LogP contribution in [0.1, 0.15) is 37.1 Å². The molecule has 1 unspecified atom stereocenters. The van der Waals surface area contributed by atoms with E-state index < -0.39 is 0 Å². The maximum absolute atomic E-state index is 12.3. The summed E-state index contributed by atoms with van der Waals surface area (Å²) < 4.78 is 10.5. The normalized spacial score (nSPS) is 21.5. The SMILES string of the molecule is COCCCOCCC(=O)N1CCC2(CC1)CC2N(C)Cc1nccs1. The van der Waals surface area contributed by atoms with Crippen molar-refractivity contribution in [3.63, 3.8) is 0 Å². The molecule has 1 aliphatic carbocycles. The van der Waals surface area contributed by atoms with E-state index in [9.17, 15) is 4.79 Å². The van der Waals surface area contributed by atoms with Gasteiger partial charge in [0.2, 0.25) is 5.91 Å². The summed E-state index contributed by atoms with van der Waals surface area (Å²) in [7, 11) is 3.90. The minimum Gasteiger partial charge on any atom is -0.385 e. The van der Waals surface area contributed by atoms with E-state index in [-0.39, 0.29) is 5.91 Å². The van der Waals surface area contributed by atoms with E-state index in [2.05, 4.69) is 16.9 Å². The highest BCUT2D eigenvalue weighted by Crippen LogP contribution is 2.56. The van der Waals surface area contributed by atoms with Gasteiger partial charge in [0, 0.05) is 51.0 Å². The third kappa shape index (κ3) is 5.03. The number of ether oxygens (including phenoxy) is 2. The summed E-state index contributed by atoms with van der Waals surface area (Å²) in [5.41, 5.74) is 0.430. The lowest BCUT2D eigenvalue weighted by molar-refractivity contribution is -0.134. The molecule has 7 heteroatoms. The number of amides is 1. The van der Waals surface area contributed by atoms with Crippen LogP contribution in [0.15, 0.2) is 11.6 Å². The van der Waals surface area contributed by atoms with Crippen molar-refractivity contribution in [1.29, 1.82) is 0 Å². The summed E-state index contributed by atoms with van der Waals surface area (Å²) >= 11 is 1.72. The van der Waals surface area contributed by atoms with Crippen LogP contribution in [0.5, 0.6) is 0 Å². The first-order chi connectivity index (χ1) is 12.6. The highest BCUT2D eigenvalue weighted by atomic mass is 32.1. The Morgan fingerprint density at radius 1 is 1.38 bits per heavy atom. The number of hydrogen-bond donors (Lipinski definition) is 0. The van der Waals surface area contributed by atoms with Crippen molar-refractivity contribution in [1.82, 2.24) is 14.8 Å². The van der Waals surface area contributed by atoms with Gasteiger partial charge in [-0.05, 0) is 38.1 Å². The molecule has 0 radical (unpaired) electrons. The maximum Gasteiger partial charge on any atom is 0.224 e. The molecular weight excluding hydrogens is 350 g/mol. The topological polar surface area (TPSA) is 54.9 Å². The first-order valence-electron chi connectivity index (χ1n) is 9.58. The molecule has 1 aromatic rings. The van der Waals surface area contributed by atoms with Gasteiger partial charge in [-0.25, -0.2) is 4.98 Å². The fraction of sp³-hybridized carbons (Fsp3) is 0.789. The average molecular weight is 382 g/mol. The number of methoxy groups -OCH3 is 1. The molecule has 3 rings (SSSR count). The third-order valence-electron chi connectivity index (χ3n) is 5.76. The summed E-state index contributed by atoms with van der Waals surface area (Å²) in [6.45, 7) is 4.61. The van der Waals surface area contributed by atoms with Gasteiger partial charge in [-0.15, -0.1) is 11.3 Å². The van der Waals surface area contributed by atoms with Crippen LogP contribution < -0.4 is 0 Å². The lowest BCUT2D eigenvalue weighted by atomic mass is 9.92. The molecule has 26 heavy (non-hydrogen) atoms. The Morgan fingerprint density at radius 2 is 2.19 bits per heavy atom. The van der Waals surface area contributed by atoms with Crippen molar-refractivity contribution in [2.24, 2.45) is 5.41 Å². The van der Waals surface area contributed by atoms with Crippen molar-refractivity contribution in [2.45, 2.75) is 44.7 Å². The molecule has 1 amide bonds. The minimum absolute atomic E-state index is 0.236. The summed E-state index contributed by atoms with van der Waals surface area (Å²) in [6.07, 6.45) is 6.77. The number of likely N-dealkylation sites (tertiary alicyclic amines) is 1. The van der Waals surface area contributed by atoms with Gasteiger partial charge in [-0.1, -0.05) is 0 Å². The van der Waals surface area contributed by atoms with Gasteiger partial charge in [-0.2, -0.15) is 0 Å². The first-order valence-corrected chi connectivity index (χ1v) is 10.5. The van der Waals surface area contributed by atoms with Crippen molar-refractivity contribution in [3.8, 4) is 0 Å². The summed E-state index contributed by atoms with van der Waals surface area (Å²) in [5.74, 6) is 0.236. The Morgan fingerprint density at radius 3 is 2.88 bits per heavy atom. The van der Waals surface area contributed by atoms with E-state index in [0.717, 1.165) is 38.9 Å². The van der Waals surface area contributed by atoms with Crippen molar-refractivity contribution < 1.29 is 14.3 Å². The monoisotopic (exact) mass is 381 g/mol. The lowest BCUT2D eigenvalue weighted by Crippen LogP contribution is -2.41. The zero-order valence-corrected chi connectivity index (χ0v) is 16.8. The molecule has 1 aliphatic heterocycles. The lowest BCUT2D eigenvalue weighted by Gasteiger charge is -2.34. The zero-order valence-electron chi connectivity index (χ0n) is 16.0. The number of thiazole rings is 1. The van der Waals surface area contributed by atoms with Gasteiger partial charge in [-0.3, -0.25) is 9.69 Å². The number of aromatic nitrogens is 1. The van der Waals surface area contributed by atoms with E-state index in [0.29, 0.717) is 37.7 Å². The number of carbonyl (C=O) groups excluding carboxylic acids is 1. The van der Waals surface area contributed by atoms with Crippen LogP contribution in [0.4, 0.5) is 0 Å². The molecule has 1 aromatic heterocycles. The van der Waals surface area contributed by atoms with Crippen LogP contribution in [0.3, 0.4) is 0 Å². The second kappa shape index (κ2) is 9.26. The Labute approximate surface area is 160 Å². The second-order valence-electron chi connectivity index (χ2n) is 7.51. The molecule has 1 saturated heterocycles. The molecule has 0 aromatic carbocycles. The molecule has 0 bridgehead atoms. The van der Waals surface area contributed by atoms with E-state index in [1.165, 1.54) is 11.4 Å². The van der Waals surface area contributed by atoms with E-state index in [1.807, 2.05) is 16.5 Å². The van der Waals surface area contributed by atoms with Gasteiger partial charge < -0.3 is 14.4 Å². The average Bonchev–Trinajstić information content (AvgIpc) is 3.09. The third-order valence-corrected chi connectivity index (χ3v) is 6.52. The molecule has 2 fully saturated rings. The smallest absolute Gasteiger partial charge is 0.224 e. The van der Waals surface area contributed by atoms with Gasteiger partial charge in [0.25, 0.3) is 0 Å². The fourth-order valence-corrected chi connectivity index (χ4v) is 4.75. The summed E-state index contributed by atoms with van der Waals surface area (Å²) in [5, 5.41) is 3.23. The van der Waals surface area contributed by atoms with Crippen LogP contribution in [0.2, 0.25) is 0 Å². The molecular formula is C19H31N3O3S. The number of nitrogens with zero attached hydrogens (tertiary/aromatic N) is 3. The fourth-order valence-electron chi connectivity index (χ4n) is 4.07. The number of hydrogen-bond acceptors (Lipinski definition) is 6. The van der Waals surface area contributed by atoms with E-state index >= 15 is 0 Å². The molecule has 6 nitrogen and oxygen atoms in total. The van der Waals surface area contributed by atoms with Gasteiger partial charge in [0.05, 0.1) is 19.6 Å². The van der Waals surface area contributed by atoms with E-state index in [4.69, 9.17) is 9.47 Å². The highest BCUT2D eigenvalue weighted by Gasteiger charge is 2.56.